The molecule has 0 atom stereocenters. The first-order chi connectivity index (χ1) is 9.74. The first kappa shape index (κ1) is 15.5. The third-order valence-electron chi connectivity index (χ3n) is 3.44. The molecule has 5 heteroatoms. The number of hydrogen-bond acceptors (Lipinski definition) is 4. The minimum Gasteiger partial charge on any atom is -0.380 e. The van der Waals surface area contributed by atoms with E-state index >= 15 is 0 Å². The Morgan fingerprint density at radius 2 is 2.25 bits per heavy atom. The van der Waals surface area contributed by atoms with Crippen molar-refractivity contribution in [3.8, 4) is 0 Å². The van der Waals surface area contributed by atoms with Gasteiger partial charge in [-0.1, -0.05) is 11.6 Å². The van der Waals surface area contributed by atoms with E-state index < -0.39 is 0 Å². The number of nitrogens with zero attached hydrogens (tertiary/aromatic N) is 2. The van der Waals surface area contributed by atoms with Gasteiger partial charge in [0.25, 0.3) is 0 Å². The Kier molecular flexibility index (Phi) is 6.07. The van der Waals surface area contributed by atoms with Crippen LogP contribution < -0.4 is 10.2 Å². The lowest BCUT2D eigenvalue weighted by Gasteiger charge is -2.23. The van der Waals surface area contributed by atoms with Crippen molar-refractivity contribution >= 4 is 17.4 Å². The van der Waals surface area contributed by atoms with E-state index in [1.54, 1.807) is 0 Å². The van der Waals surface area contributed by atoms with Crippen molar-refractivity contribution in [1.82, 2.24) is 10.3 Å². The number of pyridine rings is 1. The quantitative estimate of drug-likeness (QED) is 0.711. The molecule has 0 aromatic carbocycles. The second-order valence-corrected chi connectivity index (χ2v) is 5.49. The number of rotatable bonds is 9. The van der Waals surface area contributed by atoms with Gasteiger partial charge >= 0.3 is 0 Å². The Morgan fingerprint density at radius 1 is 1.45 bits per heavy atom. The van der Waals surface area contributed by atoms with Gasteiger partial charge in [-0.2, -0.15) is 0 Å². The van der Waals surface area contributed by atoms with Gasteiger partial charge in [0.15, 0.2) is 0 Å². The summed E-state index contributed by atoms with van der Waals surface area (Å²) in [5.74, 6) is 0.851. The van der Waals surface area contributed by atoms with E-state index in [2.05, 4.69) is 22.1 Å². The number of aromatic nitrogens is 1. The summed E-state index contributed by atoms with van der Waals surface area (Å²) in [5, 5.41) is 4.19. The first-order valence-electron chi connectivity index (χ1n) is 7.45. The lowest BCUT2D eigenvalue weighted by atomic mass is 10.2. The number of anilines is 1. The molecule has 0 radical (unpaired) electrons. The molecule has 20 heavy (non-hydrogen) atoms. The summed E-state index contributed by atoms with van der Waals surface area (Å²) < 4.78 is 5.40. The van der Waals surface area contributed by atoms with E-state index in [1.165, 1.54) is 12.8 Å². The molecule has 1 aromatic heterocycles. The molecule has 0 aliphatic heterocycles. The van der Waals surface area contributed by atoms with Crippen molar-refractivity contribution < 1.29 is 4.74 Å². The fraction of sp³-hybridized carbons (Fsp3) is 0.667. The predicted molar refractivity (Wildman–Crippen MR) is 83.5 cm³/mol. The van der Waals surface area contributed by atoms with Crippen LogP contribution in [0.15, 0.2) is 12.3 Å². The summed E-state index contributed by atoms with van der Waals surface area (Å²) in [4.78, 5) is 6.67. The second kappa shape index (κ2) is 7.81. The average molecular weight is 298 g/mol. The Labute approximate surface area is 126 Å². The van der Waals surface area contributed by atoms with E-state index in [1.807, 2.05) is 19.2 Å². The van der Waals surface area contributed by atoms with Crippen LogP contribution in [0.4, 0.5) is 5.82 Å². The normalized spacial score (nSPS) is 14.6. The maximum absolute atomic E-state index is 6.37. The van der Waals surface area contributed by atoms with Gasteiger partial charge in [-0.3, -0.25) is 0 Å². The molecule has 0 bridgehead atoms. The zero-order valence-corrected chi connectivity index (χ0v) is 13.1. The Morgan fingerprint density at radius 3 is 2.85 bits per heavy atom. The van der Waals surface area contributed by atoms with Crippen LogP contribution in [0.3, 0.4) is 0 Å². The Hall–Kier alpha value is -0.840. The van der Waals surface area contributed by atoms with Crippen LogP contribution in [0, 0.1) is 0 Å². The molecular formula is C15H24ClN3O. The van der Waals surface area contributed by atoms with E-state index in [0.29, 0.717) is 12.6 Å². The minimum absolute atomic E-state index is 0.701. The van der Waals surface area contributed by atoms with Gasteiger partial charge in [-0.25, -0.2) is 4.98 Å². The smallest absolute Gasteiger partial charge is 0.147 e. The molecule has 0 spiro atoms. The van der Waals surface area contributed by atoms with Crippen LogP contribution in [-0.2, 0) is 11.3 Å². The molecule has 2 rings (SSSR count). The van der Waals surface area contributed by atoms with Crippen molar-refractivity contribution in [3.05, 3.63) is 22.8 Å². The fourth-order valence-corrected chi connectivity index (χ4v) is 2.39. The average Bonchev–Trinajstić information content (AvgIpc) is 3.27. The number of likely N-dealkylation sites (N-methyl/N-ethyl adjacent to an activating group) is 1. The van der Waals surface area contributed by atoms with Gasteiger partial charge in [0.2, 0.25) is 0 Å². The summed E-state index contributed by atoms with van der Waals surface area (Å²) in [6.45, 7) is 8.09. The molecule has 0 saturated heterocycles. The van der Waals surface area contributed by atoms with Crippen LogP contribution in [0.2, 0.25) is 5.02 Å². The van der Waals surface area contributed by atoms with Gasteiger partial charge in [-0.05, 0) is 38.3 Å². The zero-order chi connectivity index (χ0) is 14.4. The third-order valence-corrected chi connectivity index (χ3v) is 3.72. The highest BCUT2D eigenvalue weighted by molar-refractivity contribution is 6.33. The maximum atomic E-state index is 6.37. The molecule has 0 unspecified atom stereocenters. The fourth-order valence-electron chi connectivity index (χ4n) is 2.08. The molecule has 0 amide bonds. The van der Waals surface area contributed by atoms with Gasteiger partial charge in [-0.15, -0.1) is 0 Å². The summed E-state index contributed by atoms with van der Waals surface area (Å²) in [6, 6.07) is 2.72. The van der Waals surface area contributed by atoms with Crippen LogP contribution in [0.25, 0.3) is 0 Å². The minimum atomic E-state index is 0.701. The SMILES string of the molecule is CCOCCN(CC)c1ncc(CNC2CC2)cc1Cl. The third kappa shape index (κ3) is 4.62. The highest BCUT2D eigenvalue weighted by atomic mass is 35.5. The Bertz CT molecular complexity index is 424. The lowest BCUT2D eigenvalue weighted by Crippen LogP contribution is -2.28. The molecule has 1 aliphatic rings. The van der Waals surface area contributed by atoms with E-state index in [4.69, 9.17) is 16.3 Å². The molecule has 1 fully saturated rings. The highest BCUT2D eigenvalue weighted by Gasteiger charge is 2.20. The van der Waals surface area contributed by atoms with Crippen LogP contribution in [0.1, 0.15) is 32.3 Å². The van der Waals surface area contributed by atoms with E-state index in [0.717, 1.165) is 42.6 Å². The van der Waals surface area contributed by atoms with E-state index in [9.17, 15) is 0 Å². The summed E-state index contributed by atoms with van der Waals surface area (Å²) in [6.07, 6.45) is 4.50. The molecular weight excluding hydrogens is 274 g/mol. The molecule has 1 heterocycles. The van der Waals surface area contributed by atoms with Gasteiger partial charge in [0, 0.05) is 38.5 Å². The lowest BCUT2D eigenvalue weighted by molar-refractivity contribution is 0.154. The van der Waals surface area contributed by atoms with Crippen LogP contribution in [-0.4, -0.2) is 37.3 Å². The molecule has 1 aliphatic carbocycles. The van der Waals surface area contributed by atoms with Crippen LogP contribution in [0.5, 0.6) is 0 Å². The van der Waals surface area contributed by atoms with Crippen molar-refractivity contribution in [2.45, 2.75) is 39.3 Å². The first-order valence-corrected chi connectivity index (χ1v) is 7.82. The van der Waals surface area contributed by atoms with Crippen LogP contribution >= 0.6 is 11.6 Å². The van der Waals surface area contributed by atoms with Crippen molar-refractivity contribution in [2.75, 3.05) is 31.2 Å². The van der Waals surface area contributed by atoms with Gasteiger partial charge in [0.05, 0.1) is 11.6 Å². The monoisotopic (exact) mass is 297 g/mol. The summed E-state index contributed by atoms with van der Waals surface area (Å²) >= 11 is 6.37. The van der Waals surface area contributed by atoms with Gasteiger partial charge in [0.1, 0.15) is 5.82 Å². The number of halogens is 1. The van der Waals surface area contributed by atoms with Crippen molar-refractivity contribution in [3.63, 3.8) is 0 Å². The van der Waals surface area contributed by atoms with E-state index in [-0.39, 0.29) is 0 Å². The number of nitrogens with one attached hydrogen (secondary N) is 1. The number of hydrogen-bond donors (Lipinski definition) is 1. The summed E-state index contributed by atoms with van der Waals surface area (Å²) in [5.41, 5.74) is 1.14. The second-order valence-electron chi connectivity index (χ2n) is 5.08. The maximum Gasteiger partial charge on any atom is 0.147 e. The van der Waals surface area contributed by atoms with Gasteiger partial charge < -0.3 is 15.0 Å². The van der Waals surface area contributed by atoms with Crippen molar-refractivity contribution in [2.24, 2.45) is 0 Å². The molecule has 4 nitrogen and oxygen atoms in total. The largest absolute Gasteiger partial charge is 0.380 e. The topological polar surface area (TPSA) is 37.4 Å². The van der Waals surface area contributed by atoms with Crippen molar-refractivity contribution in [1.29, 1.82) is 0 Å². The number of ether oxygens (including phenoxy) is 1. The zero-order valence-electron chi connectivity index (χ0n) is 12.4. The molecule has 1 saturated carbocycles. The molecule has 1 N–H and O–H groups in total. The summed E-state index contributed by atoms with van der Waals surface area (Å²) in [7, 11) is 0. The highest BCUT2D eigenvalue weighted by Crippen LogP contribution is 2.25. The molecule has 112 valence electrons. The predicted octanol–water partition coefficient (Wildman–Crippen LogP) is 2.85. The molecule has 1 aromatic rings. The Balaban J connectivity index is 1.94. The standard InChI is InChI=1S/C15H24ClN3O/c1-3-19(7-8-20-4-2)15-14(16)9-12(11-18-15)10-17-13-5-6-13/h9,11,13,17H,3-8,10H2,1-2H3.